The fourth-order valence-electron chi connectivity index (χ4n) is 3.17. The lowest BCUT2D eigenvalue weighted by molar-refractivity contribution is 0.243. The monoisotopic (exact) mass is 374 g/mol. The van der Waals surface area contributed by atoms with Gasteiger partial charge in [0.1, 0.15) is 0 Å². The summed E-state index contributed by atoms with van der Waals surface area (Å²) in [6.45, 7) is 7.27. The van der Waals surface area contributed by atoms with Crippen LogP contribution in [0, 0.1) is 17.8 Å². The van der Waals surface area contributed by atoms with E-state index in [1.807, 2.05) is 0 Å². The Morgan fingerprint density at radius 2 is 1.83 bits per heavy atom. The van der Waals surface area contributed by atoms with E-state index < -0.39 is 0 Å². The second kappa shape index (κ2) is 6.70. The molecule has 0 aliphatic heterocycles. The van der Waals surface area contributed by atoms with Crippen LogP contribution in [0.15, 0.2) is 30.3 Å². The number of benzene rings is 1. The molecule has 0 bridgehead atoms. The number of rotatable bonds is 3. The Hall–Kier alpha value is 0.380. The van der Waals surface area contributed by atoms with Gasteiger partial charge >= 0.3 is 0 Å². The van der Waals surface area contributed by atoms with Crippen LogP contribution in [0.3, 0.4) is 0 Å². The van der Waals surface area contributed by atoms with Crippen molar-refractivity contribution in [1.29, 1.82) is 0 Å². The molecule has 1 aliphatic carbocycles. The Labute approximate surface area is 126 Å². The first-order valence-corrected chi connectivity index (χ1v) is 11.3. The molecule has 4 atom stereocenters. The van der Waals surface area contributed by atoms with E-state index in [-0.39, 0.29) is 5.56 Å². The van der Waals surface area contributed by atoms with Crippen LogP contribution in [0.4, 0.5) is 0 Å². The van der Waals surface area contributed by atoms with Crippen molar-refractivity contribution < 1.29 is 0 Å². The molecule has 0 radical (unpaired) electrons. The standard InChI is InChI=1S/C16H24IP/c1-12(2)15-10-9-13(3)11-16(15)18(17)14-7-5-4-6-8-14/h4-8,12-13,15-16H,9-11H2,1-3H3. The maximum atomic E-state index is 2.75. The van der Waals surface area contributed by atoms with Crippen LogP contribution < -0.4 is 5.30 Å². The second-order valence-corrected chi connectivity index (χ2v) is 11.0. The van der Waals surface area contributed by atoms with E-state index >= 15 is 0 Å². The first-order chi connectivity index (χ1) is 8.59. The van der Waals surface area contributed by atoms with Crippen LogP contribution in [-0.4, -0.2) is 5.66 Å². The SMILES string of the molecule is CC1CCC(C(C)C)C(P(I)c2ccccc2)C1. The third-order valence-electron chi connectivity index (χ3n) is 4.28. The van der Waals surface area contributed by atoms with E-state index in [1.165, 1.54) is 19.3 Å². The molecule has 18 heavy (non-hydrogen) atoms. The largest absolute Gasteiger partial charge is 0.0625 e. The minimum Gasteiger partial charge on any atom is -0.0625 e. The van der Waals surface area contributed by atoms with Crippen molar-refractivity contribution in [2.45, 2.75) is 45.7 Å². The quantitative estimate of drug-likeness (QED) is 0.477. The Balaban J connectivity index is 2.17. The average Bonchev–Trinajstić information content (AvgIpc) is 2.38. The summed E-state index contributed by atoms with van der Waals surface area (Å²) in [7, 11) is 0. The van der Waals surface area contributed by atoms with Crippen molar-refractivity contribution in [2.75, 3.05) is 0 Å². The summed E-state index contributed by atoms with van der Waals surface area (Å²) in [5, 5.41) is 1.58. The molecule has 1 aliphatic rings. The summed E-state index contributed by atoms with van der Waals surface area (Å²) >= 11 is 2.75. The average molecular weight is 374 g/mol. The molecular formula is C16H24IP. The summed E-state index contributed by atoms with van der Waals surface area (Å²) in [4.78, 5) is 0. The Kier molecular flexibility index (Phi) is 5.50. The first kappa shape index (κ1) is 14.8. The van der Waals surface area contributed by atoms with Gasteiger partial charge in [-0.25, -0.2) is 0 Å². The normalized spacial score (nSPS) is 30.4. The van der Waals surface area contributed by atoms with Crippen molar-refractivity contribution >= 4 is 32.9 Å². The zero-order chi connectivity index (χ0) is 13.1. The Morgan fingerprint density at radius 3 is 2.44 bits per heavy atom. The van der Waals surface area contributed by atoms with E-state index in [4.69, 9.17) is 0 Å². The molecular weight excluding hydrogens is 350 g/mol. The van der Waals surface area contributed by atoms with Crippen molar-refractivity contribution in [3.8, 4) is 0 Å². The van der Waals surface area contributed by atoms with E-state index in [2.05, 4.69) is 73.1 Å². The lowest BCUT2D eigenvalue weighted by atomic mass is 9.77. The van der Waals surface area contributed by atoms with Crippen molar-refractivity contribution in [3.63, 3.8) is 0 Å². The molecule has 0 saturated heterocycles. The van der Waals surface area contributed by atoms with Gasteiger partial charge in [-0.1, -0.05) is 57.5 Å². The van der Waals surface area contributed by atoms with Gasteiger partial charge in [-0.05, 0) is 69.2 Å². The van der Waals surface area contributed by atoms with E-state index in [1.54, 1.807) is 5.30 Å². The molecule has 0 amide bonds. The molecule has 100 valence electrons. The van der Waals surface area contributed by atoms with Gasteiger partial charge in [0.05, 0.1) is 0 Å². The van der Waals surface area contributed by atoms with Crippen LogP contribution >= 0.6 is 27.6 Å². The van der Waals surface area contributed by atoms with Crippen LogP contribution in [0.5, 0.6) is 0 Å². The maximum absolute atomic E-state index is 2.75. The highest BCUT2D eigenvalue weighted by Gasteiger charge is 2.35. The molecule has 1 fully saturated rings. The summed E-state index contributed by atoms with van der Waals surface area (Å²) in [6.07, 6.45) is 4.32. The minimum absolute atomic E-state index is 0.0222. The van der Waals surface area contributed by atoms with Gasteiger partial charge in [-0.15, -0.1) is 0 Å². The zero-order valence-corrected chi connectivity index (χ0v) is 14.7. The molecule has 1 saturated carbocycles. The van der Waals surface area contributed by atoms with Gasteiger partial charge in [0.25, 0.3) is 0 Å². The summed E-state index contributed by atoms with van der Waals surface area (Å²) in [6, 6.07) is 11.2. The summed E-state index contributed by atoms with van der Waals surface area (Å²) in [5.41, 5.74) is 0.901. The molecule has 0 spiro atoms. The van der Waals surface area contributed by atoms with Crippen molar-refractivity contribution in [1.82, 2.24) is 0 Å². The summed E-state index contributed by atoms with van der Waals surface area (Å²) < 4.78 is 0. The molecule has 1 aromatic rings. The fraction of sp³-hybridized carbons (Fsp3) is 0.625. The van der Waals surface area contributed by atoms with Gasteiger partial charge in [-0.2, -0.15) is 0 Å². The fourth-order valence-corrected chi connectivity index (χ4v) is 8.28. The van der Waals surface area contributed by atoms with E-state index in [0.29, 0.717) is 0 Å². The molecule has 2 rings (SSSR count). The predicted molar refractivity (Wildman–Crippen MR) is 92.1 cm³/mol. The molecule has 0 aromatic heterocycles. The molecule has 1 aromatic carbocycles. The van der Waals surface area contributed by atoms with Crippen LogP contribution in [0.2, 0.25) is 0 Å². The molecule has 4 unspecified atom stereocenters. The second-order valence-electron chi connectivity index (χ2n) is 6.04. The Morgan fingerprint density at radius 1 is 1.17 bits per heavy atom. The van der Waals surface area contributed by atoms with Gasteiger partial charge in [0.15, 0.2) is 0 Å². The minimum atomic E-state index is -0.0222. The number of halogens is 1. The van der Waals surface area contributed by atoms with Gasteiger partial charge < -0.3 is 0 Å². The van der Waals surface area contributed by atoms with Crippen LogP contribution in [-0.2, 0) is 0 Å². The molecule has 0 N–H and O–H groups in total. The third-order valence-corrected chi connectivity index (χ3v) is 10.1. The van der Waals surface area contributed by atoms with Crippen molar-refractivity contribution in [2.24, 2.45) is 17.8 Å². The van der Waals surface area contributed by atoms with Crippen LogP contribution in [0.25, 0.3) is 0 Å². The maximum Gasteiger partial charge on any atom is -0.00451 e. The highest BCUT2D eigenvalue weighted by atomic mass is 127. The summed E-state index contributed by atoms with van der Waals surface area (Å²) in [5.74, 6) is 2.70. The topological polar surface area (TPSA) is 0 Å². The van der Waals surface area contributed by atoms with Gasteiger partial charge in [0.2, 0.25) is 0 Å². The van der Waals surface area contributed by atoms with Crippen LogP contribution in [0.1, 0.15) is 40.0 Å². The first-order valence-electron chi connectivity index (χ1n) is 7.09. The van der Waals surface area contributed by atoms with E-state index in [0.717, 1.165) is 23.4 Å². The molecule has 0 nitrogen and oxygen atoms in total. The highest BCUT2D eigenvalue weighted by molar-refractivity contribution is 14.2. The lowest BCUT2D eigenvalue weighted by Crippen LogP contribution is -2.31. The smallest absolute Gasteiger partial charge is 0.00451 e. The molecule has 0 heterocycles. The highest BCUT2D eigenvalue weighted by Crippen LogP contribution is 2.57. The lowest BCUT2D eigenvalue weighted by Gasteiger charge is -2.40. The van der Waals surface area contributed by atoms with E-state index in [9.17, 15) is 0 Å². The van der Waals surface area contributed by atoms with Gasteiger partial charge in [-0.3, -0.25) is 0 Å². The third kappa shape index (κ3) is 3.48. The zero-order valence-electron chi connectivity index (χ0n) is 11.6. The van der Waals surface area contributed by atoms with Crippen molar-refractivity contribution in [3.05, 3.63) is 30.3 Å². The Bertz CT molecular complexity index is 363. The predicted octanol–water partition coefficient (Wildman–Crippen LogP) is 5.60. The number of hydrogen-bond acceptors (Lipinski definition) is 0. The number of hydrogen-bond donors (Lipinski definition) is 0. The van der Waals surface area contributed by atoms with Gasteiger partial charge in [0, 0.05) is 0 Å². The molecule has 2 heteroatoms.